The highest BCUT2D eigenvalue weighted by Gasteiger charge is 2.28. The second-order valence-corrected chi connectivity index (χ2v) is 11.4. The Morgan fingerprint density at radius 3 is 1.80 bits per heavy atom. The average Bonchev–Trinajstić information content (AvgIpc) is 2.97. The maximum absolute atomic E-state index is 13.2. The van der Waals surface area contributed by atoms with Crippen molar-refractivity contribution in [2.24, 2.45) is 5.92 Å². The number of urea groups is 1. The normalized spacial score (nSPS) is 14.1. The van der Waals surface area contributed by atoms with Crippen molar-refractivity contribution < 1.29 is 9.59 Å². The molecule has 0 bridgehead atoms. The number of carbonyl (C=O) groups excluding carboxylic acids is 2. The van der Waals surface area contributed by atoms with Crippen molar-refractivity contribution in [1.29, 1.82) is 0 Å². The summed E-state index contributed by atoms with van der Waals surface area (Å²) in [5.41, 5.74) is 4.55. The van der Waals surface area contributed by atoms with Crippen molar-refractivity contribution >= 4 is 17.6 Å². The summed E-state index contributed by atoms with van der Waals surface area (Å²) in [5, 5.41) is 3.02. The van der Waals surface area contributed by atoms with Gasteiger partial charge < -0.3 is 15.1 Å². The van der Waals surface area contributed by atoms with E-state index in [0.29, 0.717) is 44.4 Å². The smallest absolute Gasteiger partial charge is 0.321 e. The number of nitrogens with zero attached hydrogens (tertiary/aromatic N) is 3. The second-order valence-electron chi connectivity index (χ2n) is 11.4. The first-order chi connectivity index (χ1) is 19.3. The number of carbonyl (C=O) groups is 2. The fourth-order valence-corrected chi connectivity index (χ4v) is 5.37. The van der Waals surface area contributed by atoms with Crippen LogP contribution in [0.1, 0.15) is 62.8 Å². The first-order valence-electron chi connectivity index (χ1n) is 14.6. The van der Waals surface area contributed by atoms with E-state index in [0.717, 1.165) is 18.8 Å². The van der Waals surface area contributed by atoms with Crippen LogP contribution in [0, 0.1) is 5.92 Å². The first kappa shape index (κ1) is 29.3. The molecular formula is C34H44N4O2. The fourth-order valence-electron chi connectivity index (χ4n) is 5.37. The van der Waals surface area contributed by atoms with E-state index in [9.17, 15) is 9.59 Å². The van der Waals surface area contributed by atoms with Crippen LogP contribution in [0.15, 0.2) is 84.9 Å². The number of hydrogen-bond donors (Lipinski definition) is 1. The number of anilines is 1. The third-order valence-corrected chi connectivity index (χ3v) is 7.56. The lowest BCUT2D eigenvalue weighted by Gasteiger charge is -2.40. The molecule has 0 unspecified atom stereocenters. The Morgan fingerprint density at radius 2 is 1.30 bits per heavy atom. The van der Waals surface area contributed by atoms with Gasteiger partial charge in [0.15, 0.2) is 0 Å². The molecule has 0 aromatic heterocycles. The molecule has 1 saturated heterocycles. The number of nitrogens with one attached hydrogen (secondary N) is 1. The van der Waals surface area contributed by atoms with Gasteiger partial charge in [-0.1, -0.05) is 100 Å². The van der Waals surface area contributed by atoms with E-state index in [1.165, 1.54) is 16.7 Å². The topological polar surface area (TPSA) is 55.9 Å². The maximum Gasteiger partial charge on any atom is 0.321 e. The van der Waals surface area contributed by atoms with Crippen LogP contribution in [0.25, 0.3) is 0 Å². The third kappa shape index (κ3) is 7.95. The first-order valence-corrected chi connectivity index (χ1v) is 14.6. The molecule has 4 rings (SSSR count). The minimum Gasteiger partial charge on any atom is -0.340 e. The number of piperazine rings is 1. The van der Waals surface area contributed by atoms with Crippen LogP contribution in [0.3, 0.4) is 0 Å². The Labute approximate surface area is 240 Å². The molecule has 0 aliphatic carbocycles. The summed E-state index contributed by atoms with van der Waals surface area (Å²) in [6, 6.07) is 29.2. The lowest BCUT2D eigenvalue weighted by Crippen LogP contribution is -2.50. The summed E-state index contributed by atoms with van der Waals surface area (Å²) in [5.74, 6) is 0.858. The van der Waals surface area contributed by atoms with Crippen LogP contribution < -0.4 is 5.32 Å². The summed E-state index contributed by atoms with van der Waals surface area (Å²) in [6.45, 7) is 12.5. The second kappa shape index (κ2) is 14.1. The van der Waals surface area contributed by atoms with Crippen LogP contribution in [0.4, 0.5) is 10.5 Å². The largest absolute Gasteiger partial charge is 0.340 e. The van der Waals surface area contributed by atoms with Crippen molar-refractivity contribution in [3.8, 4) is 0 Å². The average molecular weight is 541 g/mol. The predicted octanol–water partition coefficient (Wildman–Crippen LogP) is 6.62. The van der Waals surface area contributed by atoms with Crippen molar-refractivity contribution in [1.82, 2.24) is 14.7 Å². The van der Waals surface area contributed by atoms with E-state index < -0.39 is 0 Å². The molecule has 1 N–H and O–H groups in total. The summed E-state index contributed by atoms with van der Waals surface area (Å²) in [7, 11) is 0. The van der Waals surface area contributed by atoms with E-state index >= 15 is 0 Å². The van der Waals surface area contributed by atoms with Gasteiger partial charge in [-0.15, -0.1) is 0 Å². The summed E-state index contributed by atoms with van der Waals surface area (Å²) in [4.78, 5) is 32.6. The molecule has 0 atom stereocenters. The van der Waals surface area contributed by atoms with Gasteiger partial charge in [0.05, 0.1) is 6.04 Å². The lowest BCUT2D eigenvalue weighted by molar-refractivity contribution is -0.133. The van der Waals surface area contributed by atoms with Gasteiger partial charge in [-0.2, -0.15) is 0 Å². The third-order valence-electron chi connectivity index (χ3n) is 7.56. The molecule has 40 heavy (non-hydrogen) atoms. The molecule has 1 aliphatic heterocycles. The minimum absolute atomic E-state index is 0.110. The number of rotatable bonds is 10. The monoisotopic (exact) mass is 540 g/mol. The standard InChI is InChI=1S/C34H44N4O2/c1-26(2)25-38(34(40)35-31-17-15-28(16-18-31)27(3)4)20-19-32(39)36-21-23-37(24-22-36)33(29-11-7-5-8-12-29)30-13-9-6-10-14-30/h5-18,26-27,33H,19-25H2,1-4H3,(H,35,40). The molecule has 3 aromatic carbocycles. The molecule has 3 aromatic rings. The zero-order chi connectivity index (χ0) is 28.5. The predicted molar refractivity (Wildman–Crippen MR) is 163 cm³/mol. The van der Waals surface area contributed by atoms with E-state index in [4.69, 9.17) is 0 Å². The molecule has 6 nitrogen and oxygen atoms in total. The quantitative estimate of drug-likeness (QED) is 0.314. The molecule has 1 fully saturated rings. The van der Waals surface area contributed by atoms with Crippen LogP contribution >= 0.6 is 0 Å². The fraction of sp³-hybridized carbons (Fsp3) is 0.412. The Hall–Kier alpha value is -3.64. The SMILES string of the molecule is CC(C)CN(CCC(=O)N1CCN(C(c2ccccc2)c2ccccc2)CC1)C(=O)Nc1ccc(C(C)C)cc1. The Morgan fingerprint density at radius 1 is 0.750 bits per heavy atom. The van der Waals surface area contributed by atoms with Crippen molar-refractivity contribution in [2.45, 2.75) is 46.1 Å². The molecule has 0 spiro atoms. The molecule has 1 heterocycles. The van der Waals surface area contributed by atoms with Gasteiger partial charge in [-0.3, -0.25) is 9.69 Å². The van der Waals surface area contributed by atoms with Crippen molar-refractivity contribution in [3.05, 3.63) is 102 Å². The minimum atomic E-state index is -0.155. The molecule has 6 heteroatoms. The molecule has 212 valence electrons. The van der Waals surface area contributed by atoms with Gasteiger partial charge in [0.25, 0.3) is 0 Å². The highest BCUT2D eigenvalue weighted by molar-refractivity contribution is 5.89. The van der Waals surface area contributed by atoms with Crippen LogP contribution in [0.2, 0.25) is 0 Å². The van der Waals surface area contributed by atoms with Gasteiger partial charge in [0.1, 0.15) is 0 Å². The van der Waals surface area contributed by atoms with Gasteiger partial charge in [0.2, 0.25) is 5.91 Å². The van der Waals surface area contributed by atoms with Gasteiger partial charge >= 0.3 is 6.03 Å². The summed E-state index contributed by atoms with van der Waals surface area (Å²) >= 11 is 0. The van der Waals surface area contributed by atoms with Crippen LogP contribution in [0.5, 0.6) is 0 Å². The van der Waals surface area contributed by atoms with E-state index in [-0.39, 0.29) is 18.0 Å². The molecule has 3 amide bonds. The van der Waals surface area contributed by atoms with E-state index in [2.05, 4.69) is 98.6 Å². The molecule has 1 aliphatic rings. The zero-order valence-electron chi connectivity index (χ0n) is 24.4. The Kier molecular flexibility index (Phi) is 10.4. The van der Waals surface area contributed by atoms with E-state index in [1.807, 2.05) is 29.2 Å². The molecule has 0 radical (unpaired) electrons. The van der Waals surface area contributed by atoms with Crippen LogP contribution in [-0.2, 0) is 4.79 Å². The lowest BCUT2D eigenvalue weighted by atomic mass is 9.96. The highest BCUT2D eigenvalue weighted by atomic mass is 16.2. The number of amides is 3. The molecular weight excluding hydrogens is 496 g/mol. The van der Waals surface area contributed by atoms with Gasteiger partial charge in [0, 0.05) is 51.4 Å². The Bertz CT molecular complexity index is 1160. The van der Waals surface area contributed by atoms with Crippen LogP contribution in [-0.4, -0.2) is 65.9 Å². The number of benzene rings is 3. The highest BCUT2D eigenvalue weighted by Crippen LogP contribution is 2.29. The Balaban J connectivity index is 1.33. The number of hydrogen-bond acceptors (Lipinski definition) is 3. The summed E-state index contributed by atoms with van der Waals surface area (Å²) in [6.07, 6.45) is 0.327. The maximum atomic E-state index is 13.2. The molecule has 0 saturated carbocycles. The van der Waals surface area contributed by atoms with Crippen molar-refractivity contribution in [2.75, 3.05) is 44.6 Å². The van der Waals surface area contributed by atoms with Crippen molar-refractivity contribution in [3.63, 3.8) is 0 Å². The van der Waals surface area contributed by atoms with Gasteiger partial charge in [-0.05, 0) is 40.7 Å². The van der Waals surface area contributed by atoms with E-state index in [1.54, 1.807) is 4.90 Å². The summed E-state index contributed by atoms with van der Waals surface area (Å²) < 4.78 is 0. The zero-order valence-corrected chi connectivity index (χ0v) is 24.4. The van der Waals surface area contributed by atoms with Gasteiger partial charge in [-0.25, -0.2) is 4.79 Å².